The van der Waals surface area contributed by atoms with Crippen molar-refractivity contribution in [2.45, 2.75) is 43.7 Å². The molecule has 5 atom stereocenters. The van der Waals surface area contributed by atoms with Crippen molar-refractivity contribution in [1.82, 2.24) is 4.90 Å². The first-order chi connectivity index (χ1) is 12.6. The summed E-state index contributed by atoms with van der Waals surface area (Å²) in [6, 6.07) is 18.3. The lowest BCUT2D eigenvalue weighted by atomic mass is 9.94. The van der Waals surface area contributed by atoms with E-state index < -0.39 is 11.2 Å². The maximum Gasteiger partial charge on any atom is 0.149 e. The number of hydrogen-bond acceptors (Lipinski definition) is 5. The van der Waals surface area contributed by atoms with Gasteiger partial charge in [-0.2, -0.15) is 0 Å². The monoisotopic (exact) mass is 353 g/mol. The van der Waals surface area contributed by atoms with Crippen LogP contribution in [0.3, 0.4) is 0 Å². The van der Waals surface area contributed by atoms with Crippen LogP contribution < -0.4 is 4.74 Å². The molecule has 5 rings (SSSR count). The third kappa shape index (κ3) is 2.06. The Kier molecular flexibility index (Phi) is 3.46. The predicted octanol–water partition coefficient (Wildman–Crippen LogP) is 3.20. The van der Waals surface area contributed by atoms with Gasteiger partial charge in [0.25, 0.3) is 0 Å². The van der Waals surface area contributed by atoms with Crippen molar-refractivity contribution in [2.75, 3.05) is 13.7 Å². The van der Waals surface area contributed by atoms with Gasteiger partial charge in [0.05, 0.1) is 13.7 Å². The molecule has 0 spiro atoms. The first-order valence-electron chi connectivity index (χ1n) is 9.01. The van der Waals surface area contributed by atoms with Crippen LogP contribution in [0, 0.1) is 0 Å². The van der Waals surface area contributed by atoms with Gasteiger partial charge in [-0.1, -0.05) is 42.5 Å². The lowest BCUT2D eigenvalue weighted by molar-refractivity contribution is -0.138. The highest BCUT2D eigenvalue weighted by atomic mass is 16.7. The second-order valence-electron chi connectivity index (χ2n) is 7.49. The fourth-order valence-electron chi connectivity index (χ4n) is 4.52. The summed E-state index contributed by atoms with van der Waals surface area (Å²) in [7, 11) is 1.68. The molecular weight excluding hydrogens is 330 g/mol. The first-order valence-corrected chi connectivity index (χ1v) is 9.01. The summed E-state index contributed by atoms with van der Waals surface area (Å²) in [4.78, 5) is 2.24. The van der Waals surface area contributed by atoms with Crippen LogP contribution >= 0.6 is 0 Å². The van der Waals surface area contributed by atoms with E-state index in [-0.39, 0.29) is 18.7 Å². The van der Waals surface area contributed by atoms with Gasteiger partial charge in [-0.25, -0.2) is 4.90 Å². The minimum absolute atomic E-state index is 0.105. The fourth-order valence-corrected chi connectivity index (χ4v) is 4.52. The maximum absolute atomic E-state index is 6.67. The van der Waals surface area contributed by atoms with Crippen molar-refractivity contribution < 1.29 is 18.9 Å². The Labute approximate surface area is 153 Å². The summed E-state index contributed by atoms with van der Waals surface area (Å²) in [5, 5.41) is 0. The number of benzene rings is 2. The van der Waals surface area contributed by atoms with E-state index in [9.17, 15) is 0 Å². The zero-order valence-corrected chi connectivity index (χ0v) is 15.2. The molecular formula is C21H23NO4. The Bertz CT molecular complexity index is 828. The molecule has 5 nitrogen and oxygen atoms in total. The van der Waals surface area contributed by atoms with Crippen molar-refractivity contribution in [3.05, 3.63) is 65.7 Å². The van der Waals surface area contributed by atoms with Crippen LogP contribution in [0.4, 0.5) is 0 Å². The molecule has 5 heteroatoms. The van der Waals surface area contributed by atoms with Crippen molar-refractivity contribution in [2.24, 2.45) is 0 Å². The van der Waals surface area contributed by atoms with Gasteiger partial charge in [0, 0.05) is 0 Å². The highest BCUT2D eigenvalue weighted by Crippen LogP contribution is 2.55. The Morgan fingerprint density at radius 2 is 1.65 bits per heavy atom. The van der Waals surface area contributed by atoms with Crippen LogP contribution in [0.2, 0.25) is 0 Å². The van der Waals surface area contributed by atoms with E-state index in [1.165, 1.54) is 0 Å². The number of nitrogens with zero attached hydrogens (tertiary/aromatic N) is 1. The van der Waals surface area contributed by atoms with Crippen LogP contribution in [0.1, 0.15) is 25.0 Å². The van der Waals surface area contributed by atoms with Crippen LogP contribution in [-0.2, 0) is 25.4 Å². The van der Waals surface area contributed by atoms with Gasteiger partial charge in [-0.15, -0.1) is 0 Å². The van der Waals surface area contributed by atoms with E-state index >= 15 is 0 Å². The molecule has 3 aliphatic heterocycles. The smallest absolute Gasteiger partial charge is 0.149 e. The van der Waals surface area contributed by atoms with Gasteiger partial charge in [-0.3, -0.25) is 0 Å². The highest BCUT2D eigenvalue weighted by molar-refractivity contribution is 5.35. The fraction of sp³-hybridized carbons (Fsp3) is 0.429. The molecule has 0 unspecified atom stereocenters. The van der Waals surface area contributed by atoms with E-state index in [0.29, 0.717) is 6.61 Å². The SMILES string of the molecule is COc1cccc([C@@]2(C)O[C@@H]3CO[C@H]4N3[C@@H]2O[C@@]4(C)c2ccccc2)c1. The Hall–Kier alpha value is -1.92. The molecule has 0 radical (unpaired) electrons. The Balaban J connectivity index is 1.57. The molecule has 0 N–H and O–H groups in total. The van der Waals surface area contributed by atoms with Gasteiger partial charge in [0.1, 0.15) is 35.6 Å². The van der Waals surface area contributed by atoms with Crippen LogP contribution in [0.25, 0.3) is 0 Å². The standard InChI is InChI=1S/C21H23NO4/c1-20(14-8-5-4-6-9-14)18-22-17(13-24-18)25-21(2,19(22)26-20)15-10-7-11-16(12-15)23-3/h4-12,17-19H,13H2,1-3H3/t17-,18-,19-,20+,21-/m1/s1. The Morgan fingerprint density at radius 3 is 2.42 bits per heavy atom. The number of ether oxygens (including phenoxy) is 4. The molecule has 0 bridgehead atoms. The molecule has 0 aliphatic carbocycles. The molecule has 2 aromatic carbocycles. The minimum Gasteiger partial charge on any atom is -0.497 e. The van der Waals surface area contributed by atoms with E-state index in [0.717, 1.165) is 16.9 Å². The van der Waals surface area contributed by atoms with Crippen molar-refractivity contribution in [3.63, 3.8) is 0 Å². The van der Waals surface area contributed by atoms with Crippen LogP contribution in [-0.4, -0.2) is 37.3 Å². The molecule has 136 valence electrons. The second-order valence-corrected chi connectivity index (χ2v) is 7.49. The van der Waals surface area contributed by atoms with E-state index in [1.807, 2.05) is 36.4 Å². The third-order valence-electron chi connectivity index (χ3n) is 5.94. The van der Waals surface area contributed by atoms with Gasteiger partial charge in [-0.05, 0) is 37.1 Å². The lowest BCUT2D eigenvalue weighted by Crippen LogP contribution is -2.40. The lowest BCUT2D eigenvalue weighted by Gasteiger charge is -2.33. The van der Waals surface area contributed by atoms with Crippen molar-refractivity contribution in [1.29, 1.82) is 0 Å². The largest absolute Gasteiger partial charge is 0.497 e. The zero-order valence-electron chi connectivity index (χ0n) is 15.2. The number of rotatable bonds is 3. The summed E-state index contributed by atoms with van der Waals surface area (Å²) in [5.41, 5.74) is 1.04. The zero-order chi connectivity index (χ0) is 17.9. The van der Waals surface area contributed by atoms with Crippen LogP contribution in [0.15, 0.2) is 54.6 Å². The van der Waals surface area contributed by atoms with E-state index in [2.05, 4.69) is 36.9 Å². The van der Waals surface area contributed by atoms with Gasteiger partial charge >= 0.3 is 0 Å². The topological polar surface area (TPSA) is 40.2 Å². The summed E-state index contributed by atoms with van der Waals surface area (Å²) >= 11 is 0. The summed E-state index contributed by atoms with van der Waals surface area (Å²) in [5.74, 6) is 0.816. The molecule has 3 heterocycles. The van der Waals surface area contributed by atoms with Gasteiger partial charge in [0.15, 0.2) is 0 Å². The summed E-state index contributed by atoms with van der Waals surface area (Å²) < 4.78 is 24.6. The molecule has 3 saturated heterocycles. The number of methoxy groups -OCH3 is 1. The van der Waals surface area contributed by atoms with Crippen molar-refractivity contribution in [3.8, 4) is 5.75 Å². The molecule has 0 saturated carbocycles. The molecule has 3 fully saturated rings. The predicted molar refractivity (Wildman–Crippen MR) is 95.5 cm³/mol. The quantitative estimate of drug-likeness (QED) is 0.847. The van der Waals surface area contributed by atoms with E-state index in [4.69, 9.17) is 18.9 Å². The minimum atomic E-state index is -0.590. The maximum atomic E-state index is 6.67. The Morgan fingerprint density at radius 1 is 0.923 bits per heavy atom. The third-order valence-corrected chi connectivity index (χ3v) is 5.94. The average molecular weight is 353 g/mol. The molecule has 0 amide bonds. The molecule has 3 aliphatic rings. The molecule has 0 aromatic heterocycles. The first kappa shape index (κ1) is 16.3. The second kappa shape index (κ2) is 5.54. The number of hydrogen-bond donors (Lipinski definition) is 0. The average Bonchev–Trinajstić information content (AvgIpc) is 3.31. The molecule has 2 aromatic rings. The van der Waals surface area contributed by atoms with Gasteiger partial charge in [0.2, 0.25) is 0 Å². The summed E-state index contributed by atoms with van der Waals surface area (Å²) in [6.45, 7) is 4.75. The summed E-state index contributed by atoms with van der Waals surface area (Å²) in [6.07, 6.45) is -0.489. The van der Waals surface area contributed by atoms with Crippen LogP contribution in [0.5, 0.6) is 5.75 Å². The molecule has 26 heavy (non-hydrogen) atoms. The van der Waals surface area contributed by atoms with E-state index in [1.54, 1.807) is 7.11 Å². The normalized spacial score (nSPS) is 38.5. The highest BCUT2D eigenvalue weighted by Gasteiger charge is 2.68. The van der Waals surface area contributed by atoms with Gasteiger partial charge < -0.3 is 18.9 Å². The van der Waals surface area contributed by atoms with Crippen molar-refractivity contribution >= 4 is 0 Å².